The molecular weight excluding hydrogens is 266 g/mol. The number of halogens is 1. The minimum absolute atomic E-state index is 0.0263. The lowest BCUT2D eigenvalue weighted by atomic mass is 10.1. The molecule has 0 aromatic carbocycles. The average Bonchev–Trinajstić information content (AvgIpc) is 2.70. The van der Waals surface area contributed by atoms with Crippen LogP contribution in [0.5, 0.6) is 0 Å². The first-order valence-corrected chi connectivity index (χ1v) is 7.37. The van der Waals surface area contributed by atoms with E-state index in [0.29, 0.717) is 18.0 Å². The zero-order chi connectivity index (χ0) is 12.6. The molecular formula is C10H12ClNO4S. The quantitative estimate of drug-likeness (QED) is 0.903. The van der Waals surface area contributed by atoms with Crippen LogP contribution in [0.25, 0.3) is 0 Å². The fraction of sp³-hybridized carbons (Fsp3) is 0.500. The zero-order valence-corrected chi connectivity index (χ0v) is 10.5. The third-order valence-corrected chi connectivity index (χ3v) is 4.91. The fourth-order valence-electron chi connectivity index (χ4n) is 2.10. The Labute approximate surface area is 104 Å². The molecule has 0 spiro atoms. The predicted octanol–water partition coefficient (Wildman–Crippen LogP) is 1.27. The molecule has 1 unspecified atom stereocenters. The lowest BCUT2D eigenvalue weighted by Crippen LogP contribution is -2.15. The number of rotatable bonds is 3. The van der Waals surface area contributed by atoms with Crippen LogP contribution < -0.4 is 0 Å². The first kappa shape index (κ1) is 12.4. The molecule has 2 rings (SSSR count). The number of nitrogens with zero attached hydrogens (tertiary/aromatic N) is 1. The highest BCUT2D eigenvalue weighted by atomic mass is 35.5. The van der Waals surface area contributed by atoms with Gasteiger partial charge < -0.3 is 9.67 Å². The third kappa shape index (κ3) is 2.81. The van der Waals surface area contributed by atoms with Gasteiger partial charge in [-0.15, -0.1) is 0 Å². The van der Waals surface area contributed by atoms with E-state index in [1.807, 2.05) is 0 Å². The normalized spacial score (nSPS) is 22.8. The van der Waals surface area contributed by atoms with Gasteiger partial charge in [-0.1, -0.05) is 11.6 Å². The van der Waals surface area contributed by atoms with E-state index in [1.165, 1.54) is 16.8 Å². The number of carboxylic acid groups (broad SMARTS) is 1. The topological polar surface area (TPSA) is 76.4 Å². The molecule has 1 N–H and O–H groups in total. The summed E-state index contributed by atoms with van der Waals surface area (Å²) in [7, 11) is -2.94. The van der Waals surface area contributed by atoms with E-state index in [0.717, 1.165) is 0 Å². The molecule has 1 aromatic heterocycles. The summed E-state index contributed by atoms with van der Waals surface area (Å²) in [5.74, 6) is -0.768. The van der Waals surface area contributed by atoms with Crippen LogP contribution in [0.2, 0.25) is 5.02 Å². The van der Waals surface area contributed by atoms with Crippen LogP contribution in [0.3, 0.4) is 0 Å². The number of hydrogen-bond donors (Lipinski definition) is 1. The summed E-state index contributed by atoms with van der Waals surface area (Å²) >= 11 is 5.75. The van der Waals surface area contributed by atoms with Gasteiger partial charge in [-0.3, -0.25) is 0 Å². The lowest BCUT2D eigenvalue weighted by Gasteiger charge is -2.10. The average molecular weight is 278 g/mol. The second-order valence-corrected chi connectivity index (χ2v) is 6.94. The van der Waals surface area contributed by atoms with Crippen LogP contribution in [0.4, 0.5) is 0 Å². The molecule has 5 nitrogen and oxygen atoms in total. The van der Waals surface area contributed by atoms with Gasteiger partial charge in [-0.25, -0.2) is 13.2 Å². The van der Waals surface area contributed by atoms with Gasteiger partial charge in [0, 0.05) is 12.7 Å². The molecule has 1 aliphatic heterocycles. The summed E-state index contributed by atoms with van der Waals surface area (Å²) in [6, 6.07) is 1.37. The maximum Gasteiger partial charge on any atom is 0.352 e. The van der Waals surface area contributed by atoms with Gasteiger partial charge in [0.25, 0.3) is 0 Å². The Hall–Kier alpha value is -1.01. The summed E-state index contributed by atoms with van der Waals surface area (Å²) in [6.07, 6.45) is 2.10. The molecule has 17 heavy (non-hydrogen) atoms. The Morgan fingerprint density at radius 1 is 1.59 bits per heavy atom. The van der Waals surface area contributed by atoms with E-state index in [1.54, 1.807) is 0 Å². The van der Waals surface area contributed by atoms with Gasteiger partial charge >= 0.3 is 5.97 Å². The van der Waals surface area contributed by atoms with Crippen LogP contribution in [0.1, 0.15) is 16.9 Å². The number of carbonyl (C=O) groups is 1. The van der Waals surface area contributed by atoms with Gasteiger partial charge in [-0.2, -0.15) is 0 Å². The van der Waals surface area contributed by atoms with E-state index in [-0.39, 0.29) is 23.1 Å². The monoisotopic (exact) mass is 277 g/mol. The Morgan fingerprint density at radius 3 is 2.82 bits per heavy atom. The van der Waals surface area contributed by atoms with Gasteiger partial charge in [0.15, 0.2) is 9.84 Å². The summed E-state index contributed by atoms with van der Waals surface area (Å²) in [4.78, 5) is 10.9. The second-order valence-electron chi connectivity index (χ2n) is 4.27. The van der Waals surface area contributed by atoms with E-state index >= 15 is 0 Å². The Kier molecular flexibility index (Phi) is 3.18. The van der Waals surface area contributed by atoms with Gasteiger partial charge in [0.05, 0.1) is 16.5 Å². The van der Waals surface area contributed by atoms with Crippen molar-refractivity contribution in [3.05, 3.63) is 23.0 Å². The van der Waals surface area contributed by atoms with Crippen molar-refractivity contribution in [3.63, 3.8) is 0 Å². The fourth-order valence-corrected chi connectivity index (χ4v) is 4.17. The van der Waals surface area contributed by atoms with Crippen molar-refractivity contribution in [1.29, 1.82) is 0 Å². The molecule has 1 atom stereocenters. The minimum atomic E-state index is -2.94. The van der Waals surface area contributed by atoms with Gasteiger partial charge in [0.2, 0.25) is 0 Å². The van der Waals surface area contributed by atoms with Crippen molar-refractivity contribution in [2.75, 3.05) is 11.5 Å². The van der Waals surface area contributed by atoms with Crippen LogP contribution >= 0.6 is 11.6 Å². The van der Waals surface area contributed by atoms with E-state index in [9.17, 15) is 13.2 Å². The summed E-state index contributed by atoms with van der Waals surface area (Å²) in [5.41, 5.74) is 0.0966. The van der Waals surface area contributed by atoms with Crippen molar-refractivity contribution in [2.24, 2.45) is 5.92 Å². The van der Waals surface area contributed by atoms with Crippen molar-refractivity contribution >= 4 is 27.4 Å². The van der Waals surface area contributed by atoms with Crippen molar-refractivity contribution in [3.8, 4) is 0 Å². The SMILES string of the molecule is O=C(O)c1cc(Cl)cn1CC1CCS(=O)(=O)C1. The molecule has 0 radical (unpaired) electrons. The standard InChI is InChI=1S/C10H12ClNO4S/c11-8-3-9(10(13)14)12(5-8)4-7-1-2-17(15,16)6-7/h3,5,7H,1-2,4,6H2,(H,13,14). The smallest absolute Gasteiger partial charge is 0.352 e. The third-order valence-electron chi connectivity index (χ3n) is 2.86. The minimum Gasteiger partial charge on any atom is -0.477 e. The Balaban J connectivity index is 2.17. The molecule has 0 bridgehead atoms. The second kappa shape index (κ2) is 4.34. The van der Waals surface area contributed by atoms with Crippen molar-refractivity contribution in [2.45, 2.75) is 13.0 Å². The molecule has 0 amide bonds. The molecule has 1 aromatic rings. The highest BCUT2D eigenvalue weighted by Gasteiger charge is 2.28. The molecule has 1 aliphatic rings. The Morgan fingerprint density at radius 2 is 2.29 bits per heavy atom. The van der Waals surface area contributed by atoms with Crippen LogP contribution in [-0.2, 0) is 16.4 Å². The molecule has 7 heteroatoms. The lowest BCUT2D eigenvalue weighted by molar-refractivity contribution is 0.0684. The first-order valence-electron chi connectivity index (χ1n) is 5.17. The van der Waals surface area contributed by atoms with Crippen LogP contribution in [0.15, 0.2) is 12.3 Å². The summed E-state index contributed by atoms with van der Waals surface area (Å²) in [5, 5.41) is 9.31. The highest BCUT2D eigenvalue weighted by molar-refractivity contribution is 7.91. The summed E-state index contributed by atoms with van der Waals surface area (Å²) in [6.45, 7) is 0.383. The maximum absolute atomic E-state index is 11.3. The number of aromatic carboxylic acids is 1. The van der Waals surface area contributed by atoms with E-state index in [2.05, 4.69) is 0 Å². The predicted molar refractivity (Wildman–Crippen MR) is 63.2 cm³/mol. The largest absolute Gasteiger partial charge is 0.477 e. The van der Waals surface area contributed by atoms with Gasteiger partial charge in [-0.05, 0) is 18.4 Å². The van der Waals surface area contributed by atoms with E-state index in [4.69, 9.17) is 16.7 Å². The number of sulfone groups is 1. The number of carboxylic acids is 1. The molecule has 1 saturated heterocycles. The Bertz CT molecular complexity index is 549. The first-order chi connectivity index (χ1) is 7.87. The molecule has 0 saturated carbocycles. The summed E-state index contributed by atoms with van der Waals surface area (Å²) < 4.78 is 24.1. The van der Waals surface area contributed by atoms with Gasteiger partial charge in [0.1, 0.15) is 5.69 Å². The molecule has 0 aliphatic carbocycles. The number of hydrogen-bond acceptors (Lipinski definition) is 3. The zero-order valence-electron chi connectivity index (χ0n) is 8.97. The molecule has 2 heterocycles. The van der Waals surface area contributed by atoms with Crippen molar-refractivity contribution < 1.29 is 18.3 Å². The maximum atomic E-state index is 11.3. The number of aromatic nitrogens is 1. The van der Waals surface area contributed by atoms with Crippen LogP contribution in [-0.4, -0.2) is 35.6 Å². The highest BCUT2D eigenvalue weighted by Crippen LogP contribution is 2.23. The van der Waals surface area contributed by atoms with Crippen LogP contribution in [0, 0.1) is 5.92 Å². The van der Waals surface area contributed by atoms with Crippen molar-refractivity contribution in [1.82, 2.24) is 4.57 Å². The molecule has 94 valence electrons. The van der Waals surface area contributed by atoms with E-state index < -0.39 is 15.8 Å². The molecule has 1 fully saturated rings.